The quantitative estimate of drug-likeness (QED) is 0.0406. The molecule has 0 aromatic heterocycles. The second kappa shape index (κ2) is 24.7. The summed E-state index contributed by atoms with van der Waals surface area (Å²) in [5, 5.41) is 68.3. The fourth-order valence-corrected chi connectivity index (χ4v) is 5.18. The standard InChI is InChI=1S/C34H59NO15/c1-5-6-9-20(3)32(50-31(44)17-23(34(47)48)15-29(41)42)27(49-30(43)16-22(33(45)46)14-28(39)40)13-19(2)12-24(36)10-7-8-11-25(37)18-26(38)21(4)35/h19-27,32,36-38H,5-18,35H2,1-4H3,(H,39,40)(H,41,42)(H,45,46)(H,47,48)/t19-,20-,21-,22?,23?,24+,25+,26-,27-,32+/m0/s1/i2D3,3D3. The summed E-state index contributed by atoms with van der Waals surface area (Å²) in [4.78, 5) is 72.5. The van der Waals surface area contributed by atoms with Gasteiger partial charge in [-0.25, -0.2) is 0 Å². The van der Waals surface area contributed by atoms with E-state index in [4.69, 9.17) is 33.6 Å². The predicted octanol–water partition coefficient (Wildman–Crippen LogP) is 2.56. The van der Waals surface area contributed by atoms with E-state index in [1.165, 1.54) is 0 Å². The van der Waals surface area contributed by atoms with Crippen molar-refractivity contribution in [3.05, 3.63) is 0 Å². The molecule has 0 saturated carbocycles. The molecular formula is C34H59NO15. The molecule has 9 N–H and O–H groups in total. The number of unbranched alkanes of at least 4 members (excludes halogenated alkanes) is 2. The second-order valence-electron chi connectivity index (χ2n) is 12.8. The fraction of sp³-hybridized carbons (Fsp3) is 0.824. The van der Waals surface area contributed by atoms with Crippen LogP contribution in [0.5, 0.6) is 0 Å². The van der Waals surface area contributed by atoms with Crippen molar-refractivity contribution in [3.63, 3.8) is 0 Å². The first-order valence-corrected chi connectivity index (χ1v) is 16.8. The van der Waals surface area contributed by atoms with Gasteiger partial charge in [0.15, 0.2) is 0 Å². The normalized spacial score (nSPS) is 19.8. The molecular weight excluding hydrogens is 662 g/mol. The number of carbonyl (C=O) groups excluding carboxylic acids is 2. The lowest BCUT2D eigenvalue weighted by atomic mass is 9.87. The van der Waals surface area contributed by atoms with E-state index < -0.39 is 148 Å². The number of aliphatic hydroxyl groups is 3. The van der Waals surface area contributed by atoms with Crippen molar-refractivity contribution < 1.29 is 82.2 Å². The monoisotopic (exact) mass is 727 g/mol. The topological polar surface area (TPSA) is 289 Å². The smallest absolute Gasteiger partial charge is 0.307 e. The molecule has 0 aromatic rings. The lowest BCUT2D eigenvalue weighted by Crippen LogP contribution is -2.42. The number of carbonyl (C=O) groups is 6. The minimum absolute atomic E-state index is 0.0159. The van der Waals surface area contributed by atoms with Crippen LogP contribution in [0.4, 0.5) is 0 Å². The van der Waals surface area contributed by atoms with Crippen LogP contribution in [0.15, 0.2) is 0 Å². The summed E-state index contributed by atoms with van der Waals surface area (Å²) in [5.41, 5.74) is 5.61. The Morgan fingerprint density at radius 1 is 0.680 bits per heavy atom. The van der Waals surface area contributed by atoms with Crippen molar-refractivity contribution in [2.75, 3.05) is 0 Å². The van der Waals surface area contributed by atoms with Gasteiger partial charge in [-0.05, 0) is 50.9 Å². The van der Waals surface area contributed by atoms with Crippen molar-refractivity contribution in [2.24, 2.45) is 29.4 Å². The summed E-state index contributed by atoms with van der Waals surface area (Å²) in [6.07, 6.45) is -11.4. The molecule has 16 heteroatoms. The first-order valence-electron chi connectivity index (χ1n) is 19.8. The minimum atomic E-state index is -3.00. The van der Waals surface area contributed by atoms with E-state index in [-0.39, 0.29) is 38.5 Å². The predicted molar refractivity (Wildman–Crippen MR) is 178 cm³/mol. The lowest BCUT2D eigenvalue weighted by molar-refractivity contribution is -0.177. The molecule has 2 unspecified atom stereocenters. The molecule has 0 radical (unpaired) electrons. The number of hydrogen-bond donors (Lipinski definition) is 8. The third kappa shape index (κ3) is 21.0. The molecule has 10 atom stereocenters. The van der Waals surface area contributed by atoms with E-state index in [1.807, 2.05) is 0 Å². The van der Waals surface area contributed by atoms with E-state index >= 15 is 0 Å². The molecule has 0 aliphatic carbocycles. The number of nitrogens with two attached hydrogens (primary N) is 1. The first kappa shape index (κ1) is 36.5. The number of rotatable bonds is 29. The van der Waals surface area contributed by atoms with Gasteiger partial charge in [-0.3, -0.25) is 28.8 Å². The number of carboxylic acids is 4. The van der Waals surface area contributed by atoms with Crippen molar-refractivity contribution >= 4 is 35.8 Å². The highest BCUT2D eigenvalue weighted by atomic mass is 16.6. The number of hydrogen-bond acceptors (Lipinski definition) is 12. The molecule has 0 amide bonds. The summed E-state index contributed by atoms with van der Waals surface area (Å²) < 4.78 is 60.5. The highest BCUT2D eigenvalue weighted by Gasteiger charge is 2.37. The number of aliphatic hydroxyl groups excluding tert-OH is 3. The SMILES string of the molecule is [2H]C([2H])([2H])[C@@H](C[C@H](O)CCCC[C@@H](O)C[C@H](O)[C@H](C)N)C[C@H](OC(=O)CC(CC(=O)O)C(=O)O)[C@H](OC(=O)CC(CC(=O)O)C(=O)O)[C@H](CCCC)C([2H])([2H])[2H]. The van der Waals surface area contributed by atoms with E-state index in [1.54, 1.807) is 13.8 Å². The first-order chi connectivity index (χ1) is 25.7. The van der Waals surface area contributed by atoms with E-state index in [9.17, 15) is 54.3 Å². The van der Waals surface area contributed by atoms with Crippen molar-refractivity contribution in [3.8, 4) is 0 Å². The number of ether oxygens (including phenoxy) is 2. The van der Waals surface area contributed by atoms with E-state index in [0.29, 0.717) is 12.8 Å². The van der Waals surface area contributed by atoms with Crippen molar-refractivity contribution in [1.82, 2.24) is 0 Å². The maximum Gasteiger partial charge on any atom is 0.307 e. The van der Waals surface area contributed by atoms with Crippen LogP contribution in [-0.2, 0) is 38.2 Å². The molecule has 0 bridgehead atoms. The Balaban J connectivity index is 6.86. The Labute approximate surface area is 301 Å². The zero-order valence-corrected chi connectivity index (χ0v) is 28.6. The Bertz CT molecular complexity index is 1270. The molecule has 0 heterocycles. The Kier molecular flexibility index (Phi) is 18.0. The zero-order chi connectivity index (χ0) is 43.6. The summed E-state index contributed by atoms with van der Waals surface area (Å²) >= 11 is 0. The second-order valence-corrected chi connectivity index (χ2v) is 12.8. The van der Waals surface area contributed by atoms with Crippen LogP contribution < -0.4 is 5.73 Å². The molecule has 0 fully saturated rings. The average Bonchev–Trinajstić information content (AvgIpc) is 3.03. The number of carboxylic acid groups (broad SMARTS) is 4. The molecule has 16 nitrogen and oxygen atoms in total. The largest absolute Gasteiger partial charge is 0.481 e. The van der Waals surface area contributed by atoms with Crippen LogP contribution in [0.3, 0.4) is 0 Å². The van der Waals surface area contributed by atoms with Gasteiger partial charge >= 0.3 is 35.8 Å². The van der Waals surface area contributed by atoms with Crippen molar-refractivity contribution in [1.29, 1.82) is 0 Å². The third-order valence-corrected chi connectivity index (χ3v) is 8.07. The summed E-state index contributed by atoms with van der Waals surface area (Å²) in [7, 11) is 0. The zero-order valence-electron chi connectivity index (χ0n) is 34.6. The fourth-order valence-electron chi connectivity index (χ4n) is 5.18. The maximum atomic E-state index is 13.3. The molecule has 0 aromatic carbocycles. The molecule has 0 saturated heterocycles. The number of esters is 2. The van der Waals surface area contributed by atoms with Gasteiger partial charge in [-0.15, -0.1) is 0 Å². The summed E-state index contributed by atoms with van der Waals surface area (Å²) in [6.45, 7) is -2.66. The van der Waals surface area contributed by atoms with Gasteiger partial charge in [0.1, 0.15) is 12.2 Å². The third-order valence-electron chi connectivity index (χ3n) is 8.07. The van der Waals surface area contributed by atoms with Crippen LogP contribution >= 0.6 is 0 Å². The summed E-state index contributed by atoms with van der Waals surface area (Å²) in [5.74, 6) is -16.4. The summed E-state index contributed by atoms with van der Waals surface area (Å²) in [6, 6.07) is -0.571. The minimum Gasteiger partial charge on any atom is -0.481 e. The van der Waals surface area contributed by atoms with Gasteiger partial charge in [0.05, 0.1) is 55.8 Å². The van der Waals surface area contributed by atoms with E-state index in [2.05, 4.69) is 0 Å². The maximum absolute atomic E-state index is 13.3. The van der Waals surface area contributed by atoms with Crippen LogP contribution in [-0.4, -0.2) is 108 Å². The van der Waals surface area contributed by atoms with Gasteiger partial charge < -0.3 is 51.0 Å². The lowest BCUT2D eigenvalue weighted by Gasteiger charge is -2.33. The molecule has 0 spiro atoms. The Morgan fingerprint density at radius 3 is 1.60 bits per heavy atom. The Hall–Kier alpha value is -3.34. The molecule has 290 valence electrons. The van der Waals surface area contributed by atoms with Crippen LogP contribution in [0.1, 0.15) is 126 Å². The van der Waals surface area contributed by atoms with Crippen molar-refractivity contribution in [2.45, 2.75) is 154 Å². The van der Waals surface area contributed by atoms with Gasteiger partial charge in [0.25, 0.3) is 0 Å². The van der Waals surface area contributed by atoms with Crippen LogP contribution in [0.2, 0.25) is 0 Å². The Morgan fingerprint density at radius 2 is 1.18 bits per heavy atom. The van der Waals surface area contributed by atoms with Gasteiger partial charge in [-0.2, -0.15) is 0 Å². The highest BCUT2D eigenvalue weighted by Crippen LogP contribution is 2.29. The van der Waals surface area contributed by atoms with Gasteiger partial charge in [-0.1, -0.05) is 46.3 Å². The molecule has 0 aliphatic heterocycles. The van der Waals surface area contributed by atoms with Gasteiger partial charge in [0.2, 0.25) is 0 Å². The van der Waals surface area contributed by atoms with Gasteiger partial charge in [0, 0.05) is 20.7 Å². The molecule has 0 aliphatic rings. The van der Waals surface area contributed by atoms with Crippen LogP contribution in [0.25, 0.3) is 0 Å². The average molecular weight is 728 g/mol. The molecule has 50 heavy (non-hydrogen) atoms. The highest BCUT2D eigenvalue weighted by molar-refractivity contribution is 5.83. The molecule has 0 rings (SSSR count). The number of aliphatic carboxylic acids is 4. The van der Waals surface area contributed by atoms with E-state index in [0.717, 1.165) is 0 Å². The van der Waals surface area contributed by atoms with Crippen LogP contribution in [0, 0.1) is 23.7 Å².